The molecule has 2 nitrogen and oxygen atoms in total. The molecule has 0 spiro atoms. The summed E-state index contributed by atoms with van der Waals surface area (Å²) in [4.78, 5) is 3.97. The highest BCUT2D eigenvalue weighted by Crippen LogP contribution is 2.17. The summed E-state index contributed by atoms with van der Waals surface area (Å²) in [7, 11) is 0. The number of hydrogen-bond donors (Lipinski definition) is 0. The fourth-order valence-corrected chi connectivity index (χ4v) is 1.11. The van der Waals surface area contributed by atoms with Gasteiger partial charge in [0.2, 0.25) is 0 Å². The first-order chi connectivity index (χ1) is 5.40. The second-order valence-corrected chi connectivity index (χ2v) is 2.48. The number of aromatic nitrogens is 1. The van der Waals surface area contributed by atoms with Crippen LogP contribution in [0.1, 0.15) is 12.7 Å². The third-order valence-corrected chi connectivity index (χ3v) is 1.72. The minimum atomic E-state index is 0.879. The molecule has 0 aliphatic heterocycles. The van der Waals surface area contributed by atoms with E-state index in [-0.39, 0.29) is 0 Å². The summed E-state index contributed by atoms with van der Waals surface area (Å²) in [6, 6.07) is 4.01. The van der Waals surface area contributed by atoms with Crippen LogP contribution in [0.2, 0.25) is 0 Å². The summed E-state index contributed by atoms with van der Waals surface area (Å²) >= 11 is 0. The predicted molar refractivity (Wildman–Crippen MR) is 43.4 cm³/mol. The van der Waals surface area contributed by atoms with Crippen LogP contribution in [0, 0.1) is 0 Å². The number of aryl methyl sites for hydroxylation is 1. The third-order valence-electron chi connectivity index (χ3n) is 1.72. The number of rotatable bonds is 1. The maximum atomic E-state index is 5.45. The molecule has 0 aliphatic rings. The van der Waals surface area contributed by atoms with Crippen molar-refractivity contribution in [2.75, 3.05) is 0 Å². The highest BCUT2D eigenvalue weighted by molar-refractivity contribution is 5.76. The van der Waals surface area contributed by atoms with Crippen molar-refractivity contribution < 1.29 is 4.42 Å². The number of fused-ring (bicyclic) bond motifs is 1. The van der Waals surface area contributed by atoms with Gasteiger partial charge in [0.25, 0.3) is 0 Å². The Morgan fingerprint density at radius 2 is 2.45 bits per heavy atom. The van der Waals surface area contributed by atoms with Gasteiger partial charge in [-0.25, -0.2) is 0 Å². The molecule has 0 aromatic carbocycles. The highest BCUT2D eigenvalue weighted by atomic mass is 16.3. The Labute approximate surface area is 64.9 Å². The van der Waals surface area contributed by atoms with Gasteiger partial charge in [0.1, 0.15) is 5.76 Å². The molecule has 2 aromatic heterocycles. The van der Waals surface area contributed by atoms with E-state index in [1.54, 1.807) is 12.4 Å². The van der Waals surface area contributed by atoms with Crippen molar-refractivity contribution in [3.05, 3.63) is 30.3 Å². The molecular weight excluding hydrogens is 138 g/mol. The summed E-state index contributed by atoms with van der Waals surface area (Å²) in [5, 5.41) is 1.14. The first-order valence-corrected chi connectivity index (χ1v) is 3.72. The van der Waals surface area contributed by atoms with Gasteiger partial charge in [0.15, 0.2) is 5.58 Å². The molecule has 2 heterocycles. The van der Waals surface area contributed by atoms with Crippen LogP contribution in [0.25, 0.3) is 11.0 Å². The van der Waals surface area contributed by atoms with Crippen molar-refractivity contribution in [1.82, 2.24) is 4.98 Å². The maximum absolute atomic E-state index is 5.45. The van der Waals surface area contributed by atoms with Gasteiger partial charge < -0.3 is 4.42 Å². The lowest BCUT2D eigenvalue weighted by molar-refractivity contribution is 0.556. The van der Waals surface area contributed by atoms with Gasteiger partial charge in [0.05, 0.1) is 6.20 Å². The largest absolute Gasteiger partial charge is 0.459 e. The second-order valence-electron chi connectivity index (χ2n) is 2.48. The molecule has 2 aromatic rings. The monoisotopic (exact) mass is 147 g/mol. The van der Waals surface area contributed by atoms with Crippen LogP contribution in [0.4, 0.5) is 0 Å². The fraction of sp³-hybridized carbons (Fsp3) is 0.222. The Morgan fingerprint density at radius 3 is 3.18 bits per heavy atom. The molecule has 56 valence electrons. The van der Waals surface area contributed by atoms with Crippen LogP contribution in [0.5, 0.6) is 0 Å². The Morgan fingerprint density at radius 1 is 1.55 bits per heavy atom. The van der Waals surface area contributed by atoms with Crippen molar-refractivity contribution in [3.8, 4) is 0 Å². The van der Waals surface area contributed by atoms with Gasteiger partial charge in [0, 0.05) is 18.0 Å². The van der Waals surface area contributed by atoms with Crippen molar-refractivity contribution in [3.63, 3.8) is 0 Å². The van der Waals surface area contributed by atoms with Gasteiger partial charge in [-0.2, -0.15) is 0 Å². The molecule has 0 aliphatic carbocycles. The zero-order valence-electron chi connectivity index (χ0n) is 6.37. The molecule has 0 atom stereocenters. The Bertz CT molecular complexity index is 331. The van der Waals surface area contributed by atoms with E-state index in [1.807, 2.05) is 6.07 Å². The lowest BCUT2D eigenvalue weighted by Crippen LogP contribution is -1.67. The molecule has 0 radical (unpaired) electrons. The van der Waals surface area contributed by atoms with Crippen LogP contribution in [0.15, 0.2) is 28.9 Å². The van der Waals surface area contributed by atoms with Gasteiger partial charge in [-0.15, -0.1) is 0 Å². The molecule has 0 bridgehead atoms. The van der Waals surface area contributed by atoms with Crippen LogP contribution >= 0.6 is 0 Å². The zero-order valence-corrected chi connectivity index (χ0v) is 6.37. The average molecular weight is 147 g/mol. The lowest BCUT2D eigenvalue weighted by atomic mass is 10.3. The number of hydrogen-bond acceptors (Lipinski definition) is 2. The molecule has 0 saturated carbocycles. The number of nitrogens with zero attached hydrogens (tertiary/aromatic N) is 1. The summed E-state index contributed by atoms with van der Waals surface area (Å²) in [5.41, 5.74) is 0.879. The lowest BCUT2D eigenvalue weighted by Gasteiger charge is -1.83. The van der Waals surface area contributed by atoms with Crippen molar-refractivity contribution >= 4 is 11.0 Å². The SMILES string of the molecule is CCc1cc2ccncc2o1. The van der Waals surface area contributed by atoms with E-state index in [0.29, 0.717) is 0 Å². The van der Waals surface area contributed by atoms with Gasteiger partial charge in [-0.3, -0.25) is 4.98 Å². The average Bonchev–Trinajstić information content (AvgIpc) is 2.46. The van der Waals surface area contributed by atoms with Crippen molar-refractivity contribution in [2.24, 2.45) is 0 Å². The van der Waals surface area contributed by atoms with Crippen LogP contribution in [0.3, 0.4) is 0 Å². The smallest absolute Gasteiger partial charge is 0.152 e. The van der Waals surface area contributed by atoms with E-state index in [2.05, 4.69) is 18.0 Å². The molecule has 2 heteroatoms. The third kappa shape index (κ3) is 1.00. The fourth-order valence-electron chi connectivity index (χ4n) is 1.11. The normalized spacial score (nSPS) is 10.6. The predicted octanol–water partition coefficient (Wildman–Crippen LogP) is 2.39. The van der Waals surface area contributed by atoms with Crippen molar-refractivity contribution in [1.29, 1.82) is 0 Å². The first kappa shape index (κ1) is 6.40. The van der Waals surface area contributed by atoms with Gasteiger partial charge in [-0.05, 0) is 12.1 Å². The summed E-state index contributed by atoms with van der Waals surface area (Å²) in [5.74, 6) is 1.02. The Kier molecular flexibility index (Phi) is 1.39. The van der Waals surface area contributed by atoms with E-state index in [0.717, 1.165) is 23.2 Å². The quantitative estimate of drug-likeness (QED) is 0.619. The molecule has 11 heavy (non-hydrogen) atoms. The zero-order chi connectivity index (χ0) is 7.68. The second kappa shape index (κ2) is 2.38. The standard InChI is InChI=1S/C9H9NO/c1-2-8-5-7-3-4-10-6-9(7)11-8/h3-6H,2H2,1H3. The minimum absolute atomic E-state index is 0.879. The summed E-state index contributed by atoms with van der Waals surface area (Å²) in [6.07, 6.45) is 4.46. The highest BCUT2D eigenvalue weighted by Gasteiger charge is 1.99. The Hall–Kier alpha value is -1.31. The van der Waals surface area contributed by atoms with Gasteiger partial charge in [-0.1, -0.05) is 6.92 Å². The van der Waals surface area contributed by atoms with Crippen molar-refractivity contribution in [2.45, 2.75) is 13.3 Å². The van der Waals surface area contributed by atoms with Crippen LogP contribution < -0.4 is 0 Å². The maximum Gasteiger partial charge on any atom is 0.152 e. The molecular formula is C9H9NO. The molecule has 0 unspecified atom stereocenters. The van der Waals surface area contributed by atoms with Crippen LogP contribution in [-0.2, 0) is 6.42 Å². The Balaban J connectivity index is 2.69. The number of pyridine rings is 1. The summed E-state index contributed by atoms with van der Waals surface area (Å²) < 4.78 is 5.45. The molecule has 0 saturated heterocycles. The van der Waals surface area contributed by atoms with E-state index >= 15 is 0 Å². The summed E-state index contributed by atoms with van der Waals surface area (Å²) in [6.45, 7) is 2.07. The van der Waals surface area contributed by atoms with Gasteiger partial charge >= 0.3 is 0 Å². The van der Waals surface area contributed by atoms with E-state index in [4.69, 9.17) is 4.42 Å². The van der Waals surface area contributed by atoms with E-state index in [1.165, 1.54) is 0 Å². The minimum Gasteiger partial charge on any atom is -0.459 e. The molecule has 0 amide bonds. The van der Waals surface area contributed by atoms with E-state index in [9.17, 15) is 0 Å². The topological polar surface area (TPSA) is 26.0 Å². The molecule has 0 N–H and O–H groups in total. The first-order valence-electron chi connectivity index (χ1n) is 3.72. The van der Waals surface area contributed by atoms with Crippen LogP contribution in [-0.4, -0.2) is 4.98 Å². The molecule has 0 fully saturated rings. The number of furan rings is 1. The van der Waals surface area contributed by atoms with E-state index < -0.39 is 0 Å². The molecule has 2 rings (SSSR count).